The first kappa shape index (κ1) is 8.74. The van der Waals surface area contributed by atoms with Crippen molar-refractivity contribution in [1.82, 2.24) is 10.2 Å². The van der Waals surface area contributed by atoms with E-state index in [-0.39, 0.29) is 0 Å². The lowest BCUT2D eigenvalue weighted by Gasteiger charge is -2.07. The minimum Gasteiger partial charge on any atom is -0.371 e. The zero-order chi connectivity index (χ0) is 9.97. The van der Waals surface area contributed by atoms with Crippen molar-refractivity contribution in [3.8, 4) is 0 Å². The Kier molecular flexibility index (Phi) is 2.18. The van der Waals surface area contributed by atoms with Gasteiger partial charge in [0.15, 0.2) is 11.6 Å². The molecule has 0 spiro atoms. The van der Waals surface area contributed by atoms with Crippen LogP contribution in [0.15, 0.2) is 24.3 Å². The van der Waals surface area contributed by atoms with Crippen LogP contribution in [0.3, 0.4) is 0 Å². The quantitative estimate of drug-likeness (QED) is 0.753. The number of rotatable bonds is 2. The fourth-order valence-electron chi connectivity index (χ4n) is 1.47. The van der Waals surface area contributed by atoms with Crippen molar-refractivity contribution in [3.63, 3.8) is 0 Å². The van der Waals surface area contributed by atoms with Crippen LogP contribution in [0.25, 0.3) is 10.8 Å². The zero-order valence-electron chi connectivity index (χ0n) is 8.20. The van der Waals surface area contributed by atoms with E-state index >= 15 is 0 Å². The Balaban J connectivity index is 2.78. The van der Waals surface area contributed by atoms with Crippen molar-refractivity contribution < 1.29 is 0 Å². The number of aromatic nitrogens is 2. The van der Waals surface area contributed by atoms with Crippen LogP contribution in [0.4, 0.5) is 11.6 Å². The van der Waals surface area contributed by atoms with Gasteiger partial charge in [-0.25, -0.2) is 0 Å². The third-order valence-corrected chi connectivity index (χ3v) is 2.16. The minimum atomic E-state index is 0.805. The summed E-state index contributed by atoms with van der Waals surface area (Å²) >= 11 is 0. The van der Waals surface area contributed by atoms with Crippen LogP contribution in [-0.4, -0.2) is 24.3 Å². The Bertz CT molecular complexity index is 410. The van der Waals surface area contributed by atoms with Gasteiger partial charge in [0, 0.05) is 24.9 Å². The standard InChI is InChI=1S/C10H12N4/c1-11-9-7-5-3-4-6-8(7)10(12-2)14-13-9/h3-6H,1-2H3,(H,11,13)(H,12,14). The number of nitrogens with one attached hydrogen (secondary N) is 2. The lowest BCUT2D eigenvalue weighted by molar-refractivity contribution is 1.05. The van der Waals surface area contributed by atoms with E-state index in [1.807, 2.05) is 38.4 Å². The van der Waals surface area contributed by atoms with Gasteiger partial charge in [-0.3, -0.25) is 0 Å². The van der Waals surface area contributed by atoms with Crippen molar-refractivity contribution >= 4 is 22.4 Å². The van der Waals surface area contributed by atoms with E-state index in [9.17, 15) is 0 Å². The van der Waals surface area contributed by atoms with Crippen LogP contribution in [0, 0.1) is 0 Å². The summed E-state index contributed by atoms with van der Waals surface area (Å²) in [4.78, 5) is 0. The highest BCUT2D eigenvalue weighted by Gasteiger charge is 2.05. The smallest absolute Gasteiger partial charge is 0.156 e. The van der Waals surface area contributed by atoms with Gasteiger partial charge in [-0.1, -0.05) is 24.3 Å². The maximum atomic E-state index is 4.07. The summed E-state index contributed by atoms with van der Waals surface area (Å²) in [5, 5.41) is 16.3. The Hall–Kier alpha value is -1.84. The average molecular weight is 188 g/mol. The maximum Gasteiger partial charge on any atom is 0.156 e. The van der Waals surface area contributed by atoms with Crippen molar-refractivity contribution in [2.24, 2.45) is 0 Å². The second-order valence-electron chi connectivity index (χ2n) is 2.94. The second kappa shape index (κ2) is 3.49. The summed E-state index contributed by atoms with van der Waals surface area (Å²) in [6, 6.07) is 8.03. The molecule has 14 heavy (non-hydrogen) atoms. The first-order valence-electron chi connectivity index (χ1n) is 4.47. The van der Waals surface area contributed by atoms with Crippen LogP contribution in [0.5, 0.6) is 0 Å². The average Bonchev–Trinajstić information content (AvgIpc) is 2.27. The first-order valence-corrected chi connectivity index (χ1v) is 4.47. The molecule has 1 aromatic heterocycles. The summed E-state index contributed by atoms with van der Waals surface area (Å²) in [6.07, 6.45) is 0. The van der Waals surface area contributed by atoms with Crippen LogP contribution >= 0.6 is 0 Å². The number of hydrogen-bond acceptors (Lipinski definition) is 4. The molecular formula is C10H12N4. The Morgan fingerprint density at radius 2 is 1.29 bits per heavy atom. The van der Waals surface area contributed by atoms with Gasteiger partial charge in [0.2, 0.25) is 0 Å². The maximum absolute atomic E-state index is 4.07. The first-order chi connectivity index (χ1) is 6.86. The zero-order valence-corrected chi connectivity index (χ0v) is 8.20. The molecule has 0 aliphatic heterocycles. The Labute approximate surface area is 82.4 Å². The number of nitrogens with zero attached hydrogens (tertiary/aromatic N) is 2. The SMILES string of the molecule is CNc1nnc(NC)c2ccccc12. The highest BCUT2D eigenvalue weighted by Crippen LogP contribution is 2.24. The fourth-order valence-corrected chi connectivity index (χ4v) is 1.47. The van der Waals surface area contributed by atoms with E-state index in [2.05, 4.69) is 20.8 Å². The third-order valence-electron chi connectivity index (χ3n) is 2.16. The Morgan fingerprint density at radius 1 is 0.857 bits per heavy atom. The van der Waals surface area contributed by atoms with Gasteiger partial charge in [0.25, 0.3) is 0 Å². The molecule has 72 valence electrons. The molecular weight excluding hydrogens is 176 g/mol. The molecule has 2 aromatic rings. The van der Waals surface area contributed by atoms with Crippen LogP contribution in [0.2, 0.25) is 0 Å². The summed E-state index contributed by atoms with van der Waals surface area (Å²) in [5.41, 5.74) is 0. The summed E-state index contributed by atoms with van der Waals surface area (Å²) in [6.45, 7) is 0. The van der Waals surface area contributed by atoms with E-state index in [1.54, 1.807) is 0 Å². The number of benzene rings is 1. The molecule has 0 bridgehead atoms. The van der Waals surface area contributed by atoms with E-state index < -0.39 is 0 Å². The predicted molar refractivity (Wildman–Crippen MR) is 58.6 cm³/mol. The molecule has 1 heterocycles. The number of anilines is 2. The molecule has 0 aliphatic rings. The van der Waals surface area contributed by atoms with E-state index in [0.29, 0.717) is 0 Å². The second-order valence-corrected chi connectivity index (χ2v) is 2.94. The van der Waals surface area contributed by atoms with Gasteiger partial charge in [-0.2, -0.15) is 0 Å². The molecule has 4 nitrogen and oxygen atoms in total. The van der Waals surface area contributed by atoms with Gasteiger partial charge in [-0.15, -0.1) is 10.2 Å². The summed E-state index contributed by atoms with van der Waals surface area (Å²) in [7, 11) is 3.69. The molecule has 0 saturated heterocycles. The van der Waals surface area contributed by atoms with Crippen LogP contribution in [-0.2, 0) is 0 Å². The highest BCUT2D eigenvalue weighted by atomic mass is 15.2. The van der Waals surface area contributed by atoms with Crippen molar-refractivity contribution in [1.29, 1.82) is 0 Å². The molecule has 0 saturated carbocycles. The fraction of sp³-hybridized carbons (Fsp3) is 0.200. The lowest BCUT2D eigenvalue weighted by atomic mass is 10.2. The molecule has 0 atom stereocenters. The van der Waals surface area contributed by atoms with Gasteiger partial charge in [0.1, 0.15) is 0 Å². The number of fused-ring (bicyclic) bond motifs is 1. The molecule has 0 unspecified atom stereocenters. The molecule has 2 N–H and O–H groups in total. The normalized spacial score (nSPS) is 10.1. The van der Waals surface area contributed by atoms with Gasteiger partial charge < -0.3 is 10.6 Å². The molecule has 0 radical (unpaired) electrons. The lowest BCUT2D eigenvalue weighted by Crippen LogP contribution is -2.00. The van der Waals surface area contributed by atoms with Gasteiger partial charge >= 0.3 is 0 Å². The topological polar surface area (TPSA) is 49.8 Å². The monoisotopic (exact) mass is 188 g/mol. The molecule has 4 heteroatoms. The van der Waals surface area contributed by atoms with Crippen molar-refractivity contribution in [2.45, 2.75) is 0 Å². The van der Waals surface area contributed by atoms with Crippen LogP contribution in [0.1, 0.15) is 0 Å². The van der Waals surface area contributed by atoms with Gasteiger partial charge in [0.05, 0.1) is 0 Å². The van der Waals surface area contributed by atoms with E-state index in [1.165, 1.54) is 0 Å². The van der Waals surface area contributed by atoms with Crippen LogP contribution < -0.4 is 10.6 Å². The van der Waals surface area contributed by atoms with E-state index in [4.69, 9.17) is 0 Å². The number of hydrogen-bond donors (Lipinski definition) is 2. The highest BCUT2D eigenvalue weighted by molar-refractivity contribution is 5.98. The van der Waals surface area contributed by atoms with Gasteiger partial charge in [-0.05, 0) is 0 Å². The third kappa shape index (κ3) is 1.25. The predicted octanol–water partition coefficient (Wildman–Crippen LogP) is 1.71. The van der Waals surface area contributed by atoms with Crippen molar-refractivity contribution in [2.75, 3.05) is 24.7 Å². The molecule has 0 aliphatic carbocycles. The van der Waals surface area contributed by atoms with Crippen molar-refractivity contribution in [3.05, 3.63) is 24.3 Å². The molecule has 2 rings (SSSR count). The molecule has 0 amide bonds. The summed E-state index contributed by atoms with van der Waals surface area (Å²) in [5.74, 6) is 1.61. The summed E-state index contributed by atoms with van der Waals surface area (Å²) < 4.78 is 0. The molecule has 1 aromatic carbocycles. The largest absolute Gasteiger partial charge is 0.371 e. The minimum absolute atomic E-state index is 0.805. The molecule has 0 fully saturated rings. The van der Waals surface area contributed by atoms with E-state index in [0.717, 1.165) is 22.4 Å². The Morgan fingerprint density at radius 3 is 1.64 bits per heavy atom.